The highest BCUT2D eigenvalue weighted by Gasteiger charge is 2.19. The second kappa shape index (κ2) is 3.07. The van der Waals surface area contributed by atoms with E-state index < -0.39 is 0 Å². The lowest BCUT2D eigenvalue weighted by Gasteiger charge is -2.16. The molecular formula is C9H14N2. The third-order valence-corrected chi connectivity index (χ3v) is 2.51. The van der Waals surface area contributed by atoms with Crippen LogP contribution in [0.2, 0.25) is 0 Å². The summed E-state index contributed by atoms with van der Waals surface area (Å²) in [7, 11) is 0. The molecule has 0 amide bonds. The maximum absolute atomic E-state index is 4.15. The molecule has 0 aromatic rings. The molecule has 11 heavy (non-hydrogen) atoms. The molecule has 0 bridgehead atoms. The zero-order valence-electron chi connectivity index (χ0n) is 6.71. The Morgan fingerprint density at radius 1 is 1.36 bits per heavy atom. The summed E-state index contributed by atoms with van der Waals surface area (Å²) in [6.45, 7) is 0.919. The molecule has 0 saturated heterocycles. The maximum atomic E-state index is 4.15. The third kappa shape index (κ3) is 1.44. The normalized spacial score (nSPS) is 24.9. The van der Waals surface area contributed by atoms with Gasteiger partial charge < -0.3 is 5.32 Å². The third-order valence-electron chi connectivity index (χ3n) is 2.51. The Morgan fingerprint density at radius 3 is 2.82 bits per heavy atom. The van der Waals surface area contributed by atoms with E-state index in [4.69, 9.17) is 0 Å². The van der Waals surface area contributed by atoms with Gasteiger partial charge in [0.2, 0.25) is 0 Å². The number of hydrogen-bond donors (Lipinski definition) is 1. The molecule has 0 aromatic heterocycles. The molecule has 1 N–H and O–H groups in total. The molecule has 60 valence electrons. The molecule has 1 saturated carbocycles. The highest BCUT2D eigenvalue weighted by molar-refractivity contribution is 5.62. The van der Waals surface area contributed by atoms with E-state index in [0.29, 0.717) is 0 Å². The van der Waals surface area contributed by atoms with Crippen molar-refractivity contribution in [2.24, 2.45) is 10.9 Å². The fourth-order valence-electron chi connectivity index (χ4n) is 1.88. The first-order chi connectivity index (χ1) is 5.47. The molecule has 2 rings (SSSR count). The van der Waals surface area contributed by atoms with E-state index >= 15 is 0 Å². The quantitative estimate of drug-likeness (QED) is 0.604. The molecule has 0 spiro atoms. The second-order valence-corrected chi connectivity index (χ2v) is 3.28. The Balaban J connectivity index is 2.02. The van der Waals surface area contributed by atoms with Gasteiger partial charge in [0.05, 0.1) is 6.54 Å². The molecule has 2 heteroatoms. The van der Waals surface area contributed by atoms with Gasteiger partial charge in [-0.05, 0) is 12.8 Å². The molecule has 1 aliphatic heterocycles. The number of allylic oxidation sites excluding steroid dienone is 1. The zero-order chi connectivity index (χ0) is 7.52. The lowest BCUT2D eigenvalue weighted by molar-refractivity contribution is 0.589. The van der Waals surface area contributed by atoms with Crippen LogP contribution in [0.1, 0.15) is 25.7 Å². The van der Waals surface area contributed by atoms with Crippen LogP contribution in [0.25, 0.3) is 0 Å². The monoisotopic (exact) mass is 150 g/mol. The van der Waals surface area contributed by atoms with Gasteiger partial charge in [-0.3, -0.25) is 4.99 Å². The van der Waals surface area contributed by atoms with Gasteiger partial charge in [-0.2, -0.15) is 0 Å². The van der Waals surface area contributed by atoms with Crippen LogP contribution in [-0.2, 0) is 0 Å². The number of aliphatic imine (C=N–C) groups is 1. The van der Waals surface area contributed by atoms with Gasteiger partial charge >= 0.3 is 0 Å². The van der Waals surface area contributed by atoms with Crippen molar-refractivity contribution in [1.82, 2.24) is 5.32 Å². The van der Waals surface area contributed by atoms with Gasteiger partial charge in [0, 0.05) is 24.0 Å². The van der Waals surface area contributed by atoms with Gasteiger partial charge in [0.25, 0.3) is 0 Å². The number of nitrogens with one attached hydrogen (secondary N) is 1. The first-order valence-corrected chi connectivity index (χ1v) is 4.42. The Hall–Kier alpha value is -0.790. The minimum absolute atomic E-state index is 0.785. The van der Waals surface area contributed by atoms with Gasteiger partial charge in [0.15, 0.2) is 0 Å². The molecular weight excluding hydrogens is 136 g/mol. The van der Waals surface area contributed by atoms with Crippen molar-refractivity contribution in [2.75, 3.05) is 6.54 Å². The number of rotatable bonds is 1. The Kier molecular flexibility index (Phi) is 1.93. The van der Waals surface area contributed by atoms with Gasteiger partial charge in [0.1, 0.15) is 0 Å². The second-order valence-electron chi connectivity index (χ2n) is 3.28. The number of nitrogens with zero attached hydrogens (tertiary/aromatic N) is 1. The summed E-state index contributed by atoms with van der Waals surface area (Å²) in [6.07, 6.45) is 9.40. The van der Waals surface area contributed by atoms with Crippen molar-refractivity contribution in [3.63, 3.8) is 0 Å². The van der Waals surface area contributed by atoms with Crippen molar-refractivity contribution in [3.05, 3.63) is 11.9 Å². The van der Waals surface area contributed by atoms with Crippen LogP contribution in [0.5, 0.6) is 0 Å². The van der Waals surface area contributed by atoms with E-state index in [-0.39, 0.29) is 0 Å². The first-order valence-electron chi connectivity index (χ1n) is 4.42. The van der Waals surface area contributed by atoms with E-state index in [0.717, 1.165) is 12.5 Å². The number of hydrogen-bond acceptors (Lipinski definition) is 2. The summed E-state index contributed by atoms with van der Waals surface area (Å²) >= 11 is 0. The van der Waals surface area contributed by atoms with Crippen LogP contribution in [0, 0.1) is 5.92 Å². The standard InChI is InChI=1S/C9H14N2/c1-2-4-8(3-1)9-7-10-5-6-11-9/h5,7-8,11H,1-4,6H2. The maximum Gasteiger partial charge on any atom is 0.0501 e. The van der Waals surface area contributed by atoms with Crippen molar-refractivity contribution in [3.8, 4) is 0 Å². The van der Waals surface area contributed by atoms with Crippen molar-refractivity contribution in [2.45, 2.75) is 25.7 Å². The summed E-state index contributed by atoms with van der Waals surface area (Å²) in [4.78, 5) is 4.15. The molecule has 0 aromatic carbocycles. The average Bonchev–Trinajstić information content (AvgIpc) is 2.58. The molecule has 1 heterocycles. The Labute approximate surface area is 67.4 Å². The minimum atomic E-state index is 0.785. The van der Waals surface area contributed by atoms with E-state index in [1.165, 1.54) is 31.4 Å². The topological polar surface area (TPSA) is 24.4 Å². The van der Waals surface area contributed by atoms with E-state index in [1.54, 1.807) is 0 Å². The van der Waals surface area contributed by atoms with Crippen molar-refractivity contribution in [1.29, 1.82) is 0 Å². The van der Waals surface area contributed by atoms with E-state index in [2.05, 4.69) is 10.3 Å². The van der Waals surface area contributed by atoms with Crippen LogP contribution < -0.4 is 5.32 Å². The van der Waals surface area contributed by atoms with Crippen LogP contribution >= 0.6 is 0 Å². The molecule has 1 aliphatic carbocycles. The molecule has 0 atom stereocenters. The summed E-state index contributed by atoms with van der Waals surface area (Å²) in [6, 6.07) is 0. The fourth-order valence-corrected chi connectivity index (χ4v) is 1.88. The Bertz CT molecular complexity index is 188. The lowest BCUT2D eigenvalue weighted by Crippen LogP contribution is -2.23. The molecule has 0 radical (unpaired) electrons. The molecule has 2 aliphatic rings. The zero-order valence-corrected chi connectivity index (χ0v) is 6.71. The van der Waals surface area contributed by atoms with Crippen molar-refractivity contribution >= 4 is 6.21 Å². The first kappa shape index (κ1) is 6.89. The lowest BCUT2D eigenvalue weighted by atomic mass is 10.0. The fraction of sp³-hybridized carbons (Fsp3) is 0.667. The largest absolute Gasteiger partial charge is 0.382 e. The van der Waals surface area contributed by atoms with Crippen LogP contribution in [0.4, 0.5) is 0 Å². The molecule has 1 fully saturated rings. The van der Waals surface area contributed by atoms with Crippen LogP contribution in [-0.4, -0.2) is 12.8 Å². The van der Waals surface area contributed by atoms with Crippen LogP contribution in [0.3, 0.4) is 0 Å². The SMILES string of the molecule is C1=NC=C(C2CCCC2)NC1. The molecule has 2 nitrogen and oxygen atoms in total. The van der Waals surface area contributed by atoms with Gasteiger partial charge in [-0.15, -0.1) is 0 Å². The smallest absolute Gasteiger partial charge is 0.0501 e. The van der Waals surface area contributed by atoms with E-state index in [9.17, 15) is 0 Å². The summed E-state index contributed by atoms with van der Waals surface area (Å²) < 4.78 is 0. The van der Waals surface area contributed by atoms with Crippen molar-refractivity contribution < 1.29 is 0 Å². The summed E-state index contributed by atoms with van der Waals surface area (Å²) in [5, 5.41) is 3.37. The minimum Gasteiger partial charge on any atom is -0.382 e. The highest BCUT2D eigenvalue weighted by atomic mass is 14.9. The molecule has 0 unspecified atom stereocenters. The average molecular weight is 150 g/mol. The summed E-state index contributed by atoms with van der Waals surface area (Å²) in [5.41, 5.74) is 1.37. The summed E-state index contributed by atoms with van der Waals surface area (Å²) in [5.74, 6) is 0.785. The van der Waals surface area contributed by atoms with Crippen LogP contribution in [0.15, 0.2) is 16.9 Å². The highest BCUT2D eigenvalue weighted by Crippen LogP contribution is 2.29. The Morgan fingerprint density at radius 2 is 2.18 bits per heavy atom. The predicted octanol–water partition coefficient (Wildman–Crippen LogP) is 1.69. The predicted molar refractivity (Wildman–Crippen MR) is 46.5 cm³/mol. The van der Waals surface area contributed by atoms with Gasteiger partial charge in [-0.25, -0.2) is 0 Å². The van der Waals surface area contributed by atoms with Gasteiger partial charge in [-0.1, -0.05) is 12.8 Å². The van der Waals surface area contributed by atoms with E-state index in [1.807, 2.05) is 12.4 Å².